The maximum absolute atomic E-state index is 13.1. The van der Waals surface area contributed by atoms with Crippen molar-refractivity contribution in [3.8, 4) is 0 Å². The molecule has 0 aromatic heterocycles. The fourth-order valence-corrected chi connectivity index (χ4v) is 7.00. The van der Waals surface area contributed by atoms with Crippen LogP contribution in [0.1, 0.15) is 65.7 Å². The molecule has 0 saturated carbocycles. The first kappa shape index (κ1) is 37.4. The molecule has 0 aromatic rings. The summed E-state index contributed by atoms with van der Waals surface area (Å²) < 4.78 is 24.2. The number of carbonyl (C=O) groups is 5. The van der Waals surface area contributed by atoms with Crippen molar-refractivity contribution in [3.05, 3.63) is 23.8 Å². The van der Waals surface area contributed by atoms with E-state index in [4.69, 9.17) is 20.3 Å². The Morgan fingerprint density at radius 1 is 1.23 bits per heavy atom. The molecule has 248 valence electrons. The predicted molar refractivity (Wildman–Crippen MR) is 160 cm³/mol. The van der Waals surface area contributed by atoms with Gasteiger partial charge in [-0.3, -0.25) is 33.5 Å². The fourth-order valence-electron chi connectivity index (χ4n) is 5.51. The predicted octanol–water partition coefficient (Wildman–Crippen LogP) is 0.525. The molecular weight excluding hydrogens is 596 g/mol. The van der Waals surface area contributed by atoms with Gasteiger partial charge in [0.25, 0.3) is 0 Å². The summed E-state index contributed by atoms with van der Waals surface area (Å²) >= 11 is 0. The number of hydrogen-bond acceptors (Lipinski definition) is 11. The van der Waals surface area contributed by atoms with Crippen LogP contribution in [0.5, 0.6) is 0 Å². The number of amides is 2. The molecule has 8 unspecified atom stereocenters. The van der Waals surface area contributed by atoms with Crippen LogP contribution >= 0.6 is 0 Å². The number of cyclic esters (lactones) is 1. The Balaban J connectivity index is 2.22. The Labute approximate surface area is 260 Å². The molecule has 2 heterocycles. The molecule has 2 aliphatic heterocycles. The van der Waals surface area contributed by atoms with Crippen molar-refractivity contribution < 1.29 is 53.0 Å². The maximum Gasteiger partial charge on any atom is 0.321 e. The van der Waals surface area contributed by atoms with Crippen LogP contribution in [0.2, 0.25) is 0 Å². The van der Waals surface area contributed by atoms with Crippen molar-refractivity contribution in [3.63, 3.8) is 0 Å². The highest BCUT2D eigenvalue weighted by Gasteiger charge is 2.35. The highest BCUT2D eigenvalue weighted by atomic mass is 32.2. The smallest absolute Gasteiger partial charge is 0.321 e. The van der Waals surface area contributed by atoms with Gasteiger partial charge in [0.1, 0.15) is 24.0 Å². The Hall–Kier alpha value is -2.78. The molecule has 1 saturated heterocycles. The summed E-state index contributed by atoms with van der Waals surface area (Å²) in [6, 6.07) is -1.35. The van der Waals surface area contributed by atoms with Gasteiger partial charge in [0.2, 0.25) is 11.8 Å². The van der Waals surface area contributed by atoms with Gasteiger partial charge in [0, 0.05) is 60.0 Å². The average molecular weight is 643 g/mol. The van der Waals surface area contributed by atoms with E-state index in [2.05, 4.69) is 5.32 Å². The minimum atomic E-state index is -1.74. The Morgan fingerprint density at radius 2 is 1.86 bits per heavy atom. The number of esters is 1. The minimum Gasteiger partial charge on any atom is -0.480 e. The van der Waals surface area contributed by atoms with Crippen LogP contribution < -0.4 is 11.1 Å². The van der Waals surface area contributed by atoms with Crippen LogP contribution in [0.4, 0.5) is 0 Å². The van der Waals surface area contributed by atoms with Gasteiger partial charge in [-0.15, -0.1) is 0 Å². The van der Waals surface area contributed by atoms with Crippen molar-refractivity contribution in [1.29, 1.82) is 0 Å². The van der Waals surface area contributed by atoms with E-state index in [1.165, 1.54) is 7.11 Å². The summed E-state index contributed by atoms with van der Waals surface area (Å²) in [6.45, 7) is 4.95. The first-order valence-electron chi connectivity index (χ1n) is 14.8. The molecule has 0 spiro atoms. The van der Waals surface area contributed by atoms with E-state index in [-0.39, 0.29) is 56.0 Å². The number of aliphatic hydroxyl groups is 2. The first-order valence-corrected chi connectivity index (χ1v) is 16.1. The zero-order valence-corrected chi connectivity index (χ0v) is 26.5. The summed E-state index contributed by atoms with van der Waals surface area (Å²) in [4.78, 5) is 60.6. The Bertz CT molecular complexity index is 1120. The molecule has 0 bridgehead atoms. The molecule has 0 radical (unpaired) electrons. The quantitative estimate of drug-likeness (QED) is 0.112. The number of methoxy groups -OCH3 is 1. The lowest BCUT2D eigenvalue weighted by Crippen LogP contribution is -2.42. The van der Waals surface area contributed by atoms with E-state index in [9.17, 15) is 38.4 Å². The summed E-state index contributed by atoms with van der Waals surface area (Å²) in [5, 5.41) is 32.2. The van der Waals surface area contributed by atoms with Gasteiger partial charge in [-0.2, -0.15) is 0 Å². The number of hydrogen-bond donors (Lipinski definition) is 5. The lowest BCUT2D eigenvalue weighted by Gasteiger charge is -2.32. The normalized spacial score (nSPS) is 29.7. The molecule has 44 heavy (non-hydrogen) atoms. The van der Waals surface area contributed by atoms with E-state index >= 15 is 0 Å². The SMILES string of the molecule is COC1/C=C/CCC([S@](=O)CC(N)C(=O)O)CC(=O)OC(/C(C)=C/C(C)C(=O)CC(O)CC2CC(=O)NC(=O)C2)C(C)C1O. The minimum absolute atomic E-state index is 0.0945. The summed E-state index contributed by atoms with van der Waals surface area (Å²) in [7, 11) is -0.318. The number of allylic oxidation sites excluding steroid dienone is 2. The topological polar surface area (TPSA) is 220 Å². The molecule has 0 aliphatic carbocycles. The molecule has 2 amide bonds. The third-order valence-corrected chi connectivity index (χ3v) is 9.86. The van der Waals surface area contributed by atoms with Crippen LogP contribution in [0.3, 0.4) is 0 Å². The molecule has 0 aromatic carbocycles. The van der Waals surface area contributed by atoms with Crippen molar-refractivity contribution in [2.75, 3.05) is 12.9 Å². The second-order valence-corrected chi connectivity index (χ2v) is 13.6. The molecule has 1 fully saturated rings. The summed E-state index contributed by atoms with van der Waals surface area (Å²) in [5.41, 5.74) is 6.04. The highest BCUT2D eigenvalue weighted by Crippen LogP contribution is 2.27. The molecule has 9 atom stereocenters. The number of carboxylic acid groups (broad SMARTS) is 1. The van der Waals surface area contributed by atoms with Crippen molar-refractivity contribution in [2.24, 2.45) is 23.5 Å². The number of aliphatic hydroxyl groups excluding tert-OH is 2. The lowest BCUT2D eigenvalue weighted by atomic mass is 9.86. The largest absolute Gasteiger partial charge is 0.480 e. The number of Topliss-reactive ketones (excluding diaryl/α,β-unsaturated/α-hetero) is 1. The average Bonchev–Trinajstić information content (AvgIpc) is 2.93. The standard InChI is InChI=1S/C30H46N2O11S/c1-16(23(34)13-20(33)10-19-11-25(35)32-26(36)12-19)9-17(2)29-18(3)28(38)24(42-4)8-6-5-7-21(14-27(37)43-29)44(41)15-22(31)30(39)40/h6,8-9,16,18-22,24,28-29,33,38H,5,7,10-15,31H2,1-4H3,(H,39,40)(H,32,35,36)/b8-6+,17-9+/t16?,18?,20?,21?,22?,24?,28?,29?,44-/m1/s1. The summed E-state index contributed by atoms with van der Waals surface area (Å²) in [5.74, 6) is -5.22. The van der Waals surface area contributed by atoms with Crippen molar-refractivity contribution in [2.45, 2.75) is 101 Å². The van der Waals surface area contributed by atoms with Crippen LogP contribution in [0.15, 0.2) is 23.8 Å². The number of piperidine rings is 1. The monoisotopic (exact) mass is 642 g/mol. The number of carboxylic acids is 1. The number of nitrogens with one attached hydrogen (secondary N) is 1. The van der Waals surface area contributed by atoms with Gasteiger partial charge in [-0.1, -0.05) is 32.1 Å². The number of rotatable bonds is 12. The molecular formula is C30H46N2O11S. The number of nitrogens with two attached hydrogens (primary N) is 1. The number of carbonyl (C=O) groups excluding carboxylic acids is 4. The van der Waals surface area contributed by atoms with E-state index < -0.39 is 82.1 Å². The van der Waals surface area contributed by atoms with Gasteiger partial charge in [0.05, 0.1) is 18.6 Å². The van der Waals surface area contributed by atoms with Gasteiger partial charge >= 0.3 is 11.9 Å². The van der Waals surface area contributed by atoms with Crippen LogP contribution in [-0.4, -0.2) is 97.6 Å². The van der Waals surface area contributed by atoms with Gasteiger partial charge in [-0.25, -0.2) is 0 Å². The molecule has 13 nitrogen and oxygen atoms in total. The summed E-state index contributed by atoms with van der Waals surface area (Å²) in [6.07, 6.45) is 1.61. The molecule has 2 aliphatic rings. The van der Waals surface area contributed by atoms with Crippen LogP contribution in [-0.2, 0) is 44.2 Å². The lowest BCUT2D eigenvalue weighted by molar-refractivity contribution is -0.153. The number of aliphatic carboxylic acids is 1. The first-order chi connectivity index (χ1) is 20.6. The fraction of sp³-hybridized carbons (Fsp3) is 0.700. The van der Waals surface area contributed by atoms with Gasteiger partial charge in [0.15, 0.2) is 0 Å². The van der Waals surface area contributed by atoms with Crippen LogP contribution in [0, 0.1) is 17.8 Å². The second kappa shape index (κ2) is 17.6. The van der Waals surface area contributed by atoms with Crippen molar-refractivity contribution in [1.82, 2.24) is 5.32 Å². The number of imide groups is 1. The van der Waals surface area contributed by atoms with Gasteiger partial charge < -0.3 is 30.5 Å². The zero-order valence-electron chi connectivity index (χ0n) is 25.7. The van der Waals surface area contributed by atoms with E-state index in [0.29, 0.717) is 12.0 Å². The molecule has 2 rings (SSSR count). The van der Waals surface area contributed by atoms with E-state index in [0.717, 1.165) is 0 Å². The van der Waals surface area contributed by atoms with Crippen molar-refractivity contribution >= 4 is 40.3 Å². The maximum atomic E-state index is 13.1. The Morgan fingerprint density at radius 3 is 2.45 bits per heavy atom. The second-order valence-electron chi connectivity index (χ2n) is 11.8. The zero-order chi connectivity index (χ0) is 33.1. The number of ketones is 1. The Kier molecular flexibility index (Phi) is 15.0. The van der Waals surface area contributed by atoms with E-state index in [1.54, 1.807) is 39.0 Å². The van der Waals surface area contributed by atoms with Crippen LogP contribution in [0.25, 0.3) is 0 Å². The van der Waals surface area contributed by atoms with Gasteiger partial charge in [-0.05, 0) is 37.7 Å². The third-order valence-electron chi connectivity index (χ3n) is 8.03. The molecule has 14 heteroatoms. The number of ether oxygens (including phenoxy) is 2. The molecule has 6 N–H and O–H groups in total. The third kappa shape index (κ3) is 11.6. The highest BCUT2D eigenvalue weighted by molar-refractivity contribution is 7.85. The van der Waals surface area contributed by atoms with E-state index in [1.807, 2.05) is 0 Å².